The van der Waals surface area contributed by atoms with Crippen LogP contribution < -0.4 is 4.74 Å². The first-order valence-corrected chi connectivity index (χ1v) is 6.56. The van der Waals surface area contributed by atoms with E-state index < -0.39 is 47.1 Å². The Bertz CT molecular complexity index is 707. The van der Waals surface area contributed by atoms with Gasteiger partial charge in [-0.1, -0.05) is 0 Å². The van der Waals surface area contributed by atoms with Gasteiger partial charge in [0.25, 0.3) is 0 Å². The summed E-state index contributed by atoms with van der Waals surface area (Å²) in [6.45, 7) is 2.46. The quantitative estimate of drug-likeness (QED) is 0.647. The molecule has 0 aliphatic heterocycles. The van der Waals surface area contributed by atoms with Crippen molar-refractivity contribution < 1.29 is 31.1 Å². The average molecular weight is 334 g/mol. The Morgan fingerprint density at radius 3 is 2.09 bits per heavy atom. The predicted octanol–water partition coefficient (Wildman–Crippen LogP) is 5.67. The van der Waals surface area contributed by atoms with Gasteiger partial charge in [0.05, 0.1) is 5.57 Å². The minimum absolute atomic E-state index is 0.109. The molecule has 0 heterocycles. The van der Waals surface area contributed by atoms with Crippen molar-refractivity contribution in [2.45, 2.75) is 26.4 Å². The highest BCUT2D eigenvalue weighted by Gasteiger charge is 2.41. The monoisotopic (exact) mass is 334 g/mol. The van der Waals surface area contributed by atoms with Gasteiger partial charge >= 0.3 is 6.11 Å². The molecule has 23 heavy (non-hydrogen) atoms. The van der Waals surface area contributed by atoms with Gasteiger partial charge in [-0.15, -0.1) is 0 Å². The number of hydrogen-bond acceptors (Lipinski definition) is 1. The summed E-state index contributed by atoms with van der Waals surface area (Å²) in [5, 5.41) is 0. The molecule has 0 fully saturated rings. The summed E-state index contributed by atoms with van der Waals surface area (Å²) >= 11 is 0. The van der Waals surface area contributed by atoms with Crippen LogP contribution in [0.2, 0.25) is 0 Å². The van der Waals surface area contributed by atoms with E-state index in [0.717, 1.165) is 19.1 Å². The van der Waals surface area contributed by atoms with E-state index in [0.29, 0.717) is 12.1 Å². The third-order valence-electron chi connectivity index (χ3n) is 3.22. The maximum atomic E-state index is 14.1. The molecule has 1 aromatic rings. The summed E-state index contributed by atoms with van der Waals surface area (Å²) in [4.78, 5) is 0. The molecule has 0 bridgehead atoms. The fourth-order valence-electron chi connectivity index (χ4n) is 2.01. The molecule has 0 amide bonds. The number of rotatable bonds is 3. The van der Waals surface area contributed by atoms with Gasteiger partial charge in [0.15, 0.2) is 0 Å². The van der Waals surface area contributed by atoms with Gasteiger partial charge < -0.3 is 4.74 Å². The molecule has 1 aliphatic rings. The lowest BCUT2D eigenvalue weighted by Gasteiger charge is -2.21. The van der Waals surface area contributed by atoms with Gasteiger partial charge in [-0.25, -0.2) is 17.6 Å². The third-order valence-corrected chi connectivity index (χ3v) is 3.22. The van der Waals surface area contributed by atoms with E-state index in [1.54, 1.807) is 0 Å². The van der Waals surface area contributed by atoms with E-state index in [9.17, 15) is 26.3 Å². The standard InChI is InChI=1S/C16H12F6O/c1-8-3-10(17)5-12(15(20)4-8)16(21,22)23-11-6-13(18)9(2)14(19)7-11/h3-4,6-7H,5H2,1-2H3. The smallest absolute Gasteiger partial charge is 0.426 e. The maximum absolute atomic E-state index is 14.1. The molecule has 7 heteroatoms. The lowest BCUT2D eigenvalue weighted by atomic mass is 10.1. The Morgan fingerprint density at radius 1 is 0.957 bits per heavy atom. The normalized spacial score (nSPS) is 16.0. The van der Waals surface area contributed by atoms with Crippen LogP contribution in [-0.4, -0.2) is 6.11 Å². The average Bonchev–Trinajstić information content (AvgIpc) is 2.53. The molecule has 0 unspecified atom stereocenters. The van der Waals surface area contributed by atoms with Crippen molar-refractivity contribution in [3.63, 3.8) is 0 Å². The van der Waals surface area contributed by atoms with Crippen LogP contribution >= 0.6 is 0 Å². The number of allylic oxidation sites excluding steroid dienone is 5. The first kappa shape index (κ1) is 17.2. The second-order valence-corrected chi connectivity index (χ2v) is 5.11. The highest BCUT2D eigenvalue weighted by atomic mass is 19.3. The van der Waals surface area contributed by atoms with Crippen LogP contribution in [0.4, 0.5) is 26.3 Å². The van der Waals surface area contributed by atoms with E-state index >= 15 is 0 Å². The van der Waals surface area contributed by atoms with Gasteiger partial charge in [0.2, 0.25) is 0 Å². The molecule has 0 spiro atoms. The molecule has 0 radical (unpaired) electrons. The van der Waals surface area contributed by atoms with Crippen molar-refractivity contribution in [3.8, 4) is 5.75 Å². The molecule has 1 aliphatic carbocycles. The lowest BCUT2D eigenvalue weighted by Crippen LogP contribution is -2.28. The summed E-state index contributed by atoms with van der Waals surface area (Å²) < 4.78 is 86.5. The first-order valence-electron chi connectivity index (χ1n) is 6.56. The molecular weight excluding hydrogens is 322 g/mol. The fraction of sp³-hybridized carbons (Fsp3) is 0.250. The SMILES string of the molecule is CC1=CC(F)=C(C(F)(F)Oc2cc(F)c(C)c(F)c2)CC(F)=C1. The fourth-order valence-corrected chi connectivity index (χ4v) is 2.01. The topological polar surface area (TPSA) is 9.23 Å². The number of ether oxygens (including phenoxy) is 1. The van der Waals surface area contributed by atoms with Crippen molar-refractivity contribution >= 4 is 0 Å². The second kappa shape index (κ2) is 6.14. The maximum Gasteiger partial charge on any atom is 0.426 e. The van der Waals surface area contributed by atoms with Gasteiger partial charge in [-0.2, -0.15) is 8.78 Å². The molecule has 0 saturated carbocycles. The van der Waals surface area contributed by atoms with Crippen LogP contribution in [0.25, 0.3) is 0 Å². The first-order chi connectivity index (χ1) is 10.6. The van der Waals surface area contributed by atoms with E-state index in [-0.39, 0.29) is 11.1 Å². The van der Waals surface area contributed by atoms with E-state index in [1.807, 2.05) is 0 Å². The van der Waals surface area contributed by atoms with Crippen LogP contribution in [0, 0.1) is 18.6 Å². The Balaban J connectivity index is 2.39. The molecule has 0 atom stereocenters. The highest BCUT2D eigenvalue weighted by Crippen LogP contribution is 2.38. The van der Waals surface area contributed by atoms with Gasteiger partial charge in [-0.05, 0) is 31.6 Å². The summed E-state index contributed by atoms with van der Waals surface area (Å²) in [6, 6.07) is 1.10. The molecular formula is C16H12F6O. The molecule has 2 rings (SSSR count). The number of halogens is 6. The van der Waals surface area contributed by atoms with Crippen LogP contribution in [0.3, 0.4) is 0 Å². The zero-order valence-electron chi connectivity index (χ0n) is 12.2. The van der Waals surface area contributed by atoms with Crippen molar-refractivity contribution in [2.75, 3.05) is 0 Å². The Kier molecular flexibility index (Phi) is 4.58. The summed E-state index contributed by atoms with van der Waals surface area (Å²) in [5.41, 5.74) is -1.52. The number of alkyl halides is 2. The summed E-state index contributed by atoms with van der Waals surface area (Å²) in [7, 11) is 0. The van der Waals surface area contributed by atoms with E-state index in [1.165, 1.54) is 6.92 Å². The lowest BCUT2D eigenvalue weighted by molar-refractivity contribution is -0.145. The third kappa shape index (κ3) is 3.78. The molecule has 0 N–H and O–H groups in total. The largest absolute Gasteiger partial charge is 0.429 e. The van der Waals surface area contributed by atoms with Crippen LogP contribution in [0.15, 0.2) is 47.1 Å². The van der Waals surface area contributed by atoms with Gasteiger partial charge in [0.1, 0.15) is 29.0 Å². The van der Waals surface area contributed by atoms with Gasteiger partial charge in [0, 0.05) is 24.1 Å². The van der Waals surface area contributed by atoms with E-state index in [4.69, 9.17) is 0 Å². The molecule has 1 nitrogen and oxygen atoms in total. The summed E-state index contributed by atoms with van der Waals surface area (Å²) in [5.74, 6) is -5.35. The zero-order chi connectivity index (χ0) is 17.4. The predicted molar refractivity (Wildman–Crippen MR) is 72.4 cm³/mol. The Labute approximate surface area is 128 Å². The summed E-state index contributed by atoms with van der Waals surface area (Å²) in [6.07, 6.45) is -3.64. The molecule has 0 aromatic heterocycles. The number of hydrogen-bond donors (Lipinski definition) is 0. The van der Waals surface area contributed by atoms with Crippen molar-refractivity contribution in [2.24, 2.45) is 0 Å². The van der Waals surface area contributed by atoms with Crippen molar-refractivity contribution in [1.29, 1.82) is 0 Å². The van der Waals surface area contributed by atoms with Crippen molar-refractivity contribution in [1.82, 2.24) is 0 Å². The van der Waals surface area contributed by atoms with Gasteiger partial charge in [-0.3, -0.25) is 0 Å². The molecule has 0 saturated heterocycles. The minimum atomic E-state index is -4.27. The Hall–Kier alpha value is -2.18. The molecule has 1 aromatic carbocycles. The van der Waals surface area contributed by atoms with Crippen molar-refractivity contribution in [3.05, 3.63) is 64.3 Å². The van der Waals surface area contributed by atoms with Crippen LogP contribution in [-0.2, 0) is 0 Å². The van der Waals surface area contributed by atoms with Crippen LogP contribution in [0.5, 0.6) is 5.75 Å². The minimum Gasteiger partial charge on any atom is -0.429 e. The zero-order valence-corrected chi connectivity index (χ0v) is 12.2. The highest BCUT2D eigenvalue weighted by molar-refractivity contribution is 5.38. The Morgan fingerprint density at radius 2 is 1.52 bits per heavy atom. The van der Waals surface area contributed by atoms with E-state index in [2.05, 4.69) is 4.74 Å². The van der Waals surface area contributed by atoms with Crippen LogP contribution in [0.1, 0.15) is 18.9 Å². The second-order valence-electron chi connectivity index (χ2n) is 5.11. The molecule has 124 valence electrons. The number of benzene rings is 1.